The second kappa shape index (κ2) is 5.89. The summed E-state index contributed by atoms with van der Waals surface area (Å²) in [5.74, 6) is 2.67. The van der Waals surface area contributed by atoms with Crippen molar-refractivity contribution in [2.45, 2.75) is 4.90 Å². The van der Waals surface area contributed by atoms with Gasteiger partial charge in [-0.05, 0) is 24.3 Å². The van der Waals surface area contributed by atoms with Crippen LogP contribution in [0.1, 0.15) is 0 Å². The zero-order chi connectivity index (χ0) is 12.9. The number of ether oxygens (including phenoxy) is 2. The summed E-state index contributed by atoms with van der Waals surface area (Å²) in [6.45, 7) is 1.24. The first-order valence-corrected chi connectivity index (χ1v) is 7.22. The number of rotatable bonds is 5. The van der Waals surface area contributed by atoms with Crippen LogP contribution in [0.5, 0.6) is 11.5 Å². The zero-order valence-electron chi connectivity index (χ0n) is 10.5. The maximum atomic E-state index is 5.35. The molecule has 19 heavy (non-hydrogen) atoms. The lowest BCUT2D eigenvalue weighted by atomic mass is 10.3. The molecule has 0 atom stereocenters. The number of nitrogens with one attached hydrogen (secondary N) is 1. The normalized spacial score (nSPS) is 12.4. The molecule has 0 spiro atoms. The topological polar surface area (TPSA) is 30.5 Å². The van der Waals surface area contributed by atoms with E-state index in [-0.39, 0.29) is 0 Å². The van der Waals surface area contributed by atoms with Crippen LogP contribution < -0.4 is 14.8 Å². The number of thioether (sulfide) groups is 1. The van der Waals surface area contributed by atoms with Crippen molar-refractivity contribution in [2.24, 2.45) is 0 Å². The first-order chi connectivity index (χ1) is 9.42. The van der Waals surface area contributed by atoms with Gasteiger partial charge in [0, 0.05) is 28.9 Å². The monoisotopic (exact) mass is 273 g/mol. The highest BCUT2D eigenvalue weighted by Crippen LogP contribution is 2.34. The van der Waals surface area contributed by atoms with Crippen molar-refractivity contribution in [2.75, 3.05) is 24.4 Å². The average molecular weight is 273 g/mol. The highest BCUT2D eigenvalue weighted by atomic mass is 32.2. The summed E-state index contributed by atoms with van der Waals surface area (Å²) in [6, 6.07) is 16.4. The number of hydrogen-bond donors (Lipinski definition) is 1. The molecule has 1 aliphatic rings. The van der Waals surface area contributed by atoms with Gasteiger partial charge in [0.25, 0.3) is 0 Å². The molecule has 2 aromatic carbocycles. The predicted octanol–water partition coefficient (Wildman–Crippen LogP) is 3.62. The second-order valence-electron chi connectivity index (χ2n) is 4.16. The van der Waals surface area contributed by atoms with Gasteiger partial charge in [-0.3, -0.25) is 0 Å². The smallest absolute Gasteiger partial charge is 0.231 e. The minimum absolute atomic E-state index is 0.322. The van der Waals surface area contributed by atoms with Crippen LogP contribution in [0.25, 0.3) is 0 Å². The Morgan fingerprint density at radius 1 is 1.00 bits per heavy atom. The van der Waals surface area contributed by atoms with Crippen molar-refractivity contribution in [1.82, 2.24) is 0 Å². The average Bonchev–Trinajstić information content (AvgIpc) is 2.92. The van der Waals surface area contributed by atoms with Crippen molar-refractivity contribution >= 4 is 17.4 Å². The molecule has 1 N–H and O–H groups in total. The van der Waals surface area contributed by atoms with Crippen LogP contribution in [0.15, 0.2) is 53.4 Å². The fourth-order valence-corrected chi connectivity index (χ4v) is 2.68. The highest BCUT2D eigenvalue weighted by molar-refractivity contribution is 7.99. The van der Waals surface area contributed by atoms with E-state index in [9.17, 15) is 0 Å². The van der Waals surface area contributed by atoms with E-state index in [1.54, 1.807) is 0 Å². The van der Waals surface area contributed by atoms with Gasteiger partial charge in [-0.25, -0.2) is 0 Å². The Morgan fingerprint density at radius 3 is 2.74 bits per heavy atom. The summed E-state index contributed by atoms with van der Waals surface area (Å²) in [5, 5.41) is 3.39. The Labute approximate surface area is 116 Å². The standard InChI is InChI=1S/C15H15NO2S/c1-2-4-13(5-3-1)19-9-8-16-12-6-7-14-15(10-12)18-11-17-14/h1-7,10,16H,8-9,11H2. The molecule has 0 saturated carbocycles. The Hall–Kier alpha value is -1.81. The molecular formula is C15H15NO2S. The third-order valence-corrected chi connectivity index (χ3v) is 3.83. The molecule has 3 rings (SSSR count). The molecule has 0 aromatic heterocycles. The molecule has 0 radical (unpaired) electrons. The van der Waals surface area contributed by atoms with Crippen LogP contribution >= 0.6 is 11.8 Å². The van der Waals surface area contributed by atoms with E-state index < -0.39 is 0 Å². The van der Waals surface area contributed by atoms with E-state index in [2.05, 4.69) is 29.6 Å². The third kappa shape index (κ3) is 3.15. The minimum atomic E-state index is 0.322. The van der Waals surface area contributed by atoms with Crippen LogP contribution in [0.2, 0.25) is 0 Å². The molecule has 0 saturated heterocycles. The van der Waals surface area contributed by atoms with Gasteiger partial charge in [0.15, 0.2) is 11.5 Å². The molecule has 98 valence electrons. The van der Waals surface area contributed by atoms with Gasteiger partial charge in [-0.1, -0.05) is 18.2 Å². The molecule has 0 aliphatic carbocycles. The van der Waals surface area contributed by atoms with Gasteiger partial charge >= 0.3 is 0 Å². The Morgan fingerprint density at radius 2 is 1.84 bits per heavy atom. The van der Waals surface area contributed by atoms with Crippen molar-refractivity contribution in [3.8, 4) is 11.5 Å². The molecule has 0 fully saturated rings. The Bertz CT molecular complexity index is 545. The molecule has 1 heterocycles. The lowest BCUT2D eigenvalue weighted by Gasteiger charge is -2.07. The van der Waals surface area contributed by atoms with Crippen LogP contribution in [0.3, 0.4) is 0 Å². The van der Waals surface area contributed by atoms with Crippen LogP contribution in [-0.4, -0.2) is 19.1 Å². The minimum Gasteiger partial charge on any atom is -0.454 e. The van der Waals surface area contributed by atoms with E-state index in [1.807, 2.05) is 36.0 Å². The van der Waals surface area contributed by atoms with Crippen LogP contribution in [-0.2, 0) is 0 Å². The summed E-state index contributed by atoms with van der Waals surface area (Å²) in [7, 11) is 0. The SMILES string of the molecule is c1ccc(SCCNc2ccc3c(c2)OCO3)cc1. The van der Waals surface area contributed by atoms with Crippen LogP contribution in [0.4, 0.5) is 5.69 Å². The predicted molar refractivity (Wildman–Crippen MR) is 78.2 cm³/mol. The maximum Gasteiger partial charge on any atom is 0.231 e. The van der Waals surface area contributed by atoms with Crippen molar-refractivity contribution in [3.63, 3.8) is 0 Å². The highest BCUT2D eigenvalue weighted by Gasteiger charge is 2.12. The van der Waals surface area contributed by atoms with Gasteiger partial charge < -0.3 is 14.8 Å². The number of anilines is 1. The molecular weight excluding hydrogens is 258 g/mol. The van der Waals surface area contributed by atoms with Crippen molar-refractivity contribution in [1.29, 1.82) is 0 Å². The van der Waals surface area contributed by atoms with E-state index in [1.165, 1.54) is 4.90 Å². The summed E-state index contributed by atoms with van der Waals surface area (Å²) < 4.78 is 10.6. The summed E-state index contributed by atoms with van der Waals surface area (Å²) in [5.41, 5.74) is 1.07. The fourth-order valence-electron chi connectivity index (χ4n) is 1.89. The molecule has 0 unspecified atom stereocenters. The number of hydrogen-bond acceptors (Lipinski definition) is 4. The summed E-state index contributed by atoms with van der Waals surface area (Å²) in [4.78, 5) is 1.30. The molecule has 2 aromatic rings. The van der Waals surface area contributed by atoms with E-state index in [0.717, 1.165) is 29.5 Å². The van der Waals surface area contributed by atoms with E-state index in [4.69, 9.17) is 9.47 Å². The maximum absolute atomic E-state index is 5.35. The Kier molecular flexibility index (Phi) is 3.79. The van der Waals surface area contributed by atoms with Gasteiger partial charge in [-0.15, -0.1) is 11.8 Å². The largest absolute Gasteiger partial charge is 0.454 e. The summed E-state index contributed by atoms with van der Waals surface area (Å²) in [6.07, 6.45) is 0. The molecule has 0 amide bonds. The van der Waals surface area contributed by atoms with Gasteiger partial charge in [-0.2, -0.15) is 0 Å². The second-order valence-corrected chi connectivity index (χ2v) is 5.32. The van der Waals surface area contributed by atoms with Gasteiger partial charge in [0.1, 0.15) is 0 Å². The van der Waals surface area contributed by atoms with Crippen molar-refractivity contribution in [3.05, 3.63) is 48.5 Å². The number of fused-ring (bicyclic) bond motifs is 1. The lowest BCUT2D eigenvalue weighted by Crippen LogP contribution is -2.03. The quantitative estimate of drug-likeness (QED) is 0.666. The molecule has 4 heteroatoms. The third-order valence-electron chi connectivity index (χ3n) is 2.82. The molecule has 0 bridgehead atoms. The van der Waals surface area contributed by atoms with E-state index in [0.29, 0.717) is 6.79 Å². The van der Waals surface area contributed by atoms with Gasteiger partial charge in [0.05, 0.1) is 0 Å². The van der Waals surface area contributed by atoms with E-state index >= 15 is 0 Å². The van der Waals surface area contributed by atoms with Crippen molar-refractivity contribution < 1.29 is 9.47 Å². The fraction of sp³-hybridized carbons (Fsp3) is 0.200. The summed E-state index contributed by atoms with van der Waals surface area (Å²) >= 11 is 1.85. The van der Waals surface area contributed by atoms with Gasteiger partial charge in [0.2, 0.25) is 6.79 Å². The number of benzene rings is 2. The molecule has 3 nitrogen and oxygen atoms in total. The zero-order valence-corrected chi connectivity index (χ0v) is 11.3. The lowest BCUT2D eigenvalue weighted by molar-refractivity contribution is 0.174. The first-order valence-electron chi connectivity index (χ1n) is 6.23. The first kappa shape index (κ1) is 12.2. The Balaban J connectivity index is 1.48. The van der Waals surface area contributed by atoms with Crippen LogP contribution in [0, 0.1) is 0 Å². The molecule has 1 aliphatic heterocycles.